The average molecular weight is 1270 g/mol. The van der Waals surface area contributed by atoms with Crippen molar-refractivity contribution in [2.45, 2.75) is 102 Å². The number of likely N-dealkylation sites (N-methyl/N-ethyl adjacent to an activating group) is 3. The highest BCUT2D eigenvalue weighted by molar-refractivity contribution is 6.42. The fourth-order valence-electron chi connectivity index (χ4n) is 9.66. The van der Waals surface area contributed by atoms with Gasteiger partial charge in [0.2, 0.25) is 29.5 Å². The Labute approximate surface area is 543 Å². The monoisotopic (exact) mass is 1270 g/mol. The van der Waals surface area contributed by atoms with Crippen LogP contribution in [-0.4, -0.2) is 117 Å². The minimum Gasteiger partial charge on any atom is -0.357 e. The van der Waals surface area contributed by atoms with E-state index in [1.54, 1.807) is 67.7 Å². The Morgan fingerprint density at radius 1 is 0.409 bits per heavy atom. The largest absolute Gasteiger partial charge is 0.357 e. The molecule has 0 spiro atoms. The van der Waals surface area contributed by atoms with E-state index < -0.39 is 103 Å². The molecule has 93 heavy (non-hydrogen) atoms. The van der Waals surface area contributed by atoms with Crippen LogP contribution in [0.25, 0.3) is 0 Å². The van der Waals surface area contributed by atoms with Gasteiger partial charge in [-0.3, -0.25) is 33.6 Å². The van der Waals surface area contributed by atoms with Crippen LogP contribution in [0.2, 0.25) is 0 Å². The number of benzene rings is 6. The zero-order valence-corrected chi connectivity index (χ0v) is 53.5. The molecule has 0 aliphatic heterocycles. The van der Waals surface area contributed by atoms with Crippen LogP contribution in [0.3, 0.4) is 0 Å². The molecule has 6 aromatic carbocycles. The quantitative estimate of drug-likeness (QED) is 0.0194. The number of nitrogens with two attached hydrogens (primary N) is 1. The highest BCUT2D eigenvalue weighted by Crippen LogP contribution is 2.23. The number of hydrogen-bond donors (Lipinski definition) is 13. The van der Waals surface area contributed by atoms with Crippen LogP contribution >= 0.6 is 0 Å². The molecule has 0 aromatic heterocycles. The Morgan fingerprint density at radius 2 is 0.742 bits per heavy atom. The number of nitrogens with zero attached hydrogens (tertiary/aromatic N) is 2. The van der Waals surface area contributed by atoms with Crippen LogP contribution in [-0.2, 0) is 33.6 Å². The zero-order chi connectivity index (χ0) is 67.5. The van der Waals surface area contributed by atoms with Crippen molar-refractivity contribution in [3.05, 3.63) is 215 Å². The van der Waals surface area contributed by atoms with Gasteiger partial charge in [-0.15, -0.1) is 0 Å². The fourth-order valence-corrected chi connectivity index (χ4v) is 9.66. The maximum absolute atomic E-state index is 13.7. The first-order valence-corrected chi connectivity index (χ1v) is 30.8. The minimum atomic E-state index is -0.993. The molecule has 492 valence electrons. The molecule has 0 aliphatic carbocycles. The SMILES string of the molecule is CCCC(N)/C(=N\NC(=O)NC(c1ccccc1)c1ccccc1)C(=O)NCC(=O)NC(C(=O)NC)c1ccccc1.CCCC(NC(=O)C(CC(C)C)NC)/C(=N\NC(=O)NC(c1ccccc1)c1ccccc1)C(=O)NCC(=O)NC(C(=O)NC)c1ccccc1. The summed E-state index contributed by atoms with van der Waals surface area (Å²) in [6, 6.07) is 48.6. The smallest absolute Gasteiger partial charge is 0.335 e. The molecule has 0 radical (unpaired) electrons. The second-order valence-electron chi connectivity index (χ2n) is 21.8. The molecule has 6 rings (SSSR count). The van der Waals surface area contributed by atoms with E-state index in [1.807, 2.05) is 149 Å². The zero-order valence-electron chi connectivity index (χ0n) is 53.5. The Hall–Kier alpha value is -10.6. The molecule has 5 atom stereocenters. The van der Waals surface area contributed by atoms with Gasteiger partial charge in [0.1, 0.15) is 23.5 Å². The van der Waals surface area contributed by atoms with E-state index in [9.17, 15) is 43.2 Å². The molecule has 0 heterocycles. The molecule has 24 nitrogen and oxygen atoms in total. The summed E-state index contributed by atoms with van der Waals surface area (Å²) in [4.78, 5) is 117. The Morgan fingerprint density at radius 3 is 1.06 bits per heavy atom. The molecule has 0 aliphatic rings. The third-order valence-corrected chi connectivity index (χ3v) is 14.4. The number of rotatable bonds is 31. The average Bonchev–Trinajstić information content (AvgIpc) is 1.08. The van der Waals surface area contributed by atoms with Crippen molar-refractivity contribution in [3.8, 4) is 0 Å². The number of carbonyl (C=O) groups is 9. The maximum atomic E-state index is 13.7. The summed E-state index contributed by atoms with van der Waals surface area (Å²) in [6.45, 7) is 6.84. The van der Waals surface area contributed by atoms with Gasteiger partial charge in [-0.25, -0.2) is 20.4 Å². The molecule has 0 saturated carbocycles. The van der Waals surface area contributed by atoms with Crippen LogP contribution in [0, 0.1) is 5.92 Å². The van der Waals surface area contributed by atoms with E-state index in [0.29, 0.717) is 43.2 Å². The first-order valence-electron chi connectivity index (χ1n) is 30.8. The predicted molar refractivity (Wildman–Crippen MR) is 358 cm³/mol. The number of carbonyl (C=O) groups excluding carboxylic acids is 9. The van der Waals surface area contributed by atoms with Crippen LogP contribution in [0.4, 0.5) is 9.59 Å². The van der Waals surface area contributed by atoms with Crippen molar-refractivity contribution >= 4 is 64.8 Å². The van der Waals surface area contributed by atoms with Crippen molar-refractivity contribution in [1.29, 1.82) is 0 Å². The van der Waals surface area contributed by atoms with Crippen molar-refractivity contribution in [3.63, 3.8) is 0 Å². The van der Waals surface area contributed by atoms with Gasteiger partial charge >= 0.3 is 12.1 Å². The fraction of sp³-hybridized carbons (Fsp3) is 0.319. The predicted octanol–water partition coefficient (Wildman–Crippen LogP) is 5.35. The van der Waals surface area contributed by atoms with Crippen molar-refractivity contribution < 1.29 is 43.2 Å². The lowest BCUT2D eigenvalue weighted by molar-refractivity contribution is -0.129. The normalized spacial score (nSPS) is 12.8. The molecule has 0 fully saturated rings. The highest BCUT2D eigenvalue weighted by Gasteiger charge is 2.30. The van der Waals surface area contributed by atoms with Gasteiger partial charge in [-0.05, 0) is 65.6 Å². The number of amides is 11. The molecule has 0 saturated heterocycles. The first kappa shape index (κ1) is 73.1. The molecule has 5 unspecified atom stereocenters. The van der Waals surface area contributed by atoms with Gasteiger partial charge in [0, 0.05) is 14.1 Å². The first-order chi connectivity index (χ1) is 44.9. The van der Waals surface area contributed by atoms with E-state index in [-0.39, 0.29) is 23.2 Å². The van der Waals surface area contributed by atoms with E-state index in [1.165, 1.54) is 14.1 Å². The lowest BCUT2D eigenvalue weighted by Gasteiger charge is -2.24. The second kappa shape index (κ2) is 39.5. The maximum Gasteiger partial charge on any atom is 0.335 e. The third-order valence-electron chi connectivity index (χ3n) is 14.4. The Bertz CT molecular complexity index is 3320. The summed E-state index contributed by atoms with van der Waals surface area (Å²) in [7, 11) is 4.61. The van der Waals surface area contributed by atoms with Crippen LogP contribution in [0.5, 0.6) is 0 Å². The Kier molecular flexibility index (Phi) is 31.1. The summed E-state index contributed by atoms with van der Waals surface area (Å²) >= 11 is 0. The van der Waals surface area contributed by atoms with Gasteiger partial charge in [0.15, 0.2) is 0 Å². The molecule has 0 bridgehead atoms. The van der Waals surface area contributed by atoms with Gasteiger partial charge in [-0.1, -0.05) is 223 Å². The third kappa shape index (κ3) is 24.3. The number of urea groups is 2. The molecular weight excluding hydrogens is 1180 g/mol. The van der Waals surface area contributed by atoms with Gasteiger partial charge < -0.3 is 58.9 Å². The molecule has 14 N–H and O–H groups in total. The standard InChI is InChI=1S/C38H50N8O5.C31H37N7O4/c1-6-16-29(42-35(48)30(39-4)23-25(2)3)34(37(50)41-24-31(47)43-33(36(49)40-5)28-21-14-9-15-22-28)45-46-38(51)44-32(26-17-10-7-11-18-26)27-19-12-8-13-20-27;1-3-13-24(32)28(30(41)34-20-25(39)35-27(29(40)33-2)23-18-11-6-12-19-23)37-38-31(42)36-26(21-14-7-4-8-15-21)22-16-9-5-10-17-22/h7-15,17-22,25,29-30,32-33,39H,6,16,23-24H2,1-5H3,(H,40,49)(H,41,50)(H,42,48)(H,43,47)(H2,44,46,51);4-12,14-19,24,26-27H,3,13,20,32H2,1-2H3,(H,33,40)(H,34,41)(H,35,39)(H2,36,38,42)/b45-34+;37-28+. The highest BCUT2D eigenvalue weighted by atomic mass is 16.2. The number of hydrogen-bond acceptors (Lipinski definition) is 13. The van der Waals surface area contributed by atoms with Crippen molar-refractivity contribution in [2.24, 2.45) is 21.9 Å². The van der Waals surface area contributed by atoms with E-state index in [4.69, 9.17) is 5.73 Å². The summed E-state index contributed by atoms with van der Waals surface area (Å²) in [5.74, 6) is -3.70. The summed E-state index contributed by atoms with van der Waals surface area (Å²) < 4.78 is 0. The lowest BCUT2D eigenvalue weighted by atomic mass is 9.99. The van der Waals surface area contributed by atoms with E-state index >= 15 is 0 Å². The van der Waals surface area contributed by atoms with Gasteiger partial charge in [0.25, 0.3) is 11.8 Å². The summed E-state index contributed by atoms with van der Waals surface area (Å²) in [5.41, 5.74) is 15.2. The van der Waals surface area contributed by atoms with Crippen LogP contribution < -0.4 is 69.8 Å². The molecular formula is C69H87N15O9. The van der Waals surface area contributed by atoms with Crippen molar-refractivity contribution in [1.82, 2.24) is 64.0 Å². The van der Waals surface area contributed by atoms with Gasteiger partial charge in [0.05, 0.1) is 43.3 Å². The summed E-state index contributed by atoms with van der Waals surface area (Å²) in [5, 5.41) is 35.4. The Balaban J connectivity index is 0.000000343. The minimum absolute atomic E-state index is 0.137. The number of nitrogens with one attached hydrogen (secondary N) is 12. The van der Waals surface area contributed by atoms with Crippen molar-refractivity contribution in [2.75, 3.05) is 34.2 Å². The van der Waals surface area contributed by atoms with E-state index in [0.717, 1.165) is 22.3 Å². The van der Waals surface area contributed by atoms with Crippen LogP contribution in [0.1, 0.15) is 117 Å². The van der Waals surface area contributed by atoms with Gasteiger partial charge in [-0.2, -0.15) is 10.2 Å². The number of hydrazone groups is 2. The molecule has 24 heteroatoms. The topological polar surface area (TPSA) is 349 Å². The van der Waals surface area contributed by atoms with Crippen LogP contribution in [0.15, 0.2) is 192 Å². The second-order valence-corrected chi connectivity index (χ2v) is 21.8. The van der Waals surface area contributed by atoms with E-state index in [2.05, 4.69) is 74.2 Å². The molecule has 11 amide bonds. The summed E-state index contributed by atoms with van der Waals surface area (Å²) in [6.07, 6.45) is 2.51. The molecule has 6 aromatic rings. The lowest BCUT2D eigenvalue weighted by Crippen LogP contribution is -2.54.